The molecule has 1 aliphatic carbocycles. The molecule has 1 fully saturated rings. The van der Waals surface area contributed by atoms with Crippen molar-refractivity contribution in [3.63, 3.8) is 0 Å². The molecule has 1 aromatic rings. The fraction of sp³-hybridized carbons (Fsp3) is 0.762. The van der Waals surface area contributed by atoms with E-state index in [1.165, 1.54) is 0 Å². The second kappa shape index (κ2) is 12.4. The summed E-state index contributed by atoms with van der Waals surface area (Å²) in [5, 5.41) is 10.9. The molecule has 2 rings (SSSR count). The lowest BCUT2D eigenvalue weighted by molar-refractivity contribution is -0.138. The van der Waals surface area contributed by atoms with Crippen molar-refractivity contribution < 1.29 is 9.32 Å². The van der Waals surface area contributed by atoms with E-state index in [0.29, 0.717) is 25.0 Å². The van der Waals surface area contributed by atoms with Gasteiger partial charge in [0.15, 0.2) is 11.7 Å². The van der Waals surface area contributed by atoms with E-state index in [-0.39, 0.29) is 35.3 Å². The van der Waals surface area contributed by atoms with E-state index in [4.69, 9.17) is 4.52 Å². The normalized spacial score (nSPS) is 15.9. The molecule has 7 nitrogen and oxygen atoms in total. The minimum absolute atomic E-state index is 0. The summed E-state index contributed by atoms with van der Waals surface area (Å²) in [4.78, 5) is 19.1. The summed E-state index contributed by atoms with van der Waals surface area (Å²) in [5.41, 5.74) is 0.684. The fourth-order valence-corrected chi connectivity index (χ4v) is 4.05. The summed E-state index contributed by atoms with van der Waals surface area (Å²) >= 11 is 0. The molecular formula is C21H38IN5O2. The van der Waals surface area contributed by atoms with Crippen LogP contribution in [0.25, 0.3) is 0 Å². The molecule has 0 atom stereocenters. The number of rotatable bonds is 9. The van der Waals surface area contributed by atoms with Gasteiger partial charge in [-0.05, 0) is 32.6 Å². The van der Waals surface area contributed by atoms with Crippen LogP contribution in [0.4, 0.5) is 0 Å². The van der Waals surface area contributed by atoms with Gasteiger partial charge in [0.05, 0.1) is 11.1 Å². The van der Waals surface area contributed by atoms with Crippen LogP contribution in [-0.2, 0) is 11.3 Å². The number of hydrogen-bond donors (Lipinski definition) is 2. The second-order valence-electron chi connectivity index (χ2n) is 7.97. The summed E-state index contributed by atoms with van der Waals surface area (Å²) in [6.07, 6.45) is 6.17. The van der Waals surface area contributed by atoms with Gasteiger partial charge in [0.25, 0.3) is 0 Å². The predicted octanol–water partition coefficient (Wildman–Crippen LogP) is 3.90. The lowest BCUT2D eigenvalue weighted by Crippen LogP contribution is -2.49. The molecule has 0 aromatic carbocycles. The van der Waals surface area contributed by atoms with Crippen LogP contribution in [0.1, 0.15) is 76.7 Å². The van der Waals surface area contributed by atoms with E-state index in [1.54, 1.807) is 4.90 Å². The molecule has 0 bridgehead atoms. The van der Waals surface area contributed by atoms with Crippen molar-refractivity contribution in [2.75, 3.05) is 27.2 Å². The maximum atomic E-state index is 12.7. The van der Waals surface area contributed by atoms with Crippen LogP contribution >= 0.6 is 24.0 Å². The van der Waals surface area contributed by atoms with Crippen molar-refractivity contribution in [2.45, 2.75) is 71.8 Å². The van der Waals surface area contributed by atoms with Gasteiger partial charge in [0.1, 0.15) is 6.54 Å². The maximum absolute atomic E-state index is 12.7. The highest BCUT2D eigenvalue weighted by molar-refractivity contribution is 14.0. The molecular weight excluding hydrogens is 481 g/mol. The van der Waals surface area contributed by atoms with Gasteiger partial charge in [0.2, 0.25) is 5.91 Å². The van der Waals surface area contributed by atoms with Crippen molar-refractivity contribution in [3.8, 4) is 0 Å². The third kappa shape index (κ3) is 6.86. The summed E-state index contributed by atoms with van der Waals surface area (Å²) in [6, 6.07) is 2.01. The molecule has 0 radical (unpaired) electrons. The number of carbonyl (C=O) groups is 1. The molecule has 0 saturated heterocycles. The van der Waals surface area contributed by atoms with Crippen LogP contribution in [0.2, 0.25) is 0 Å². The van der Waals surface area contributed by atoms with Gasteiger partial charge in [-0.1, -0.05) is 31.8 Å². The van der Waals surface area contributed by atoms with Crippen LogP contribution in [0.3, 0.4) is 0 Å². The van der Waals surface area contributed by atoms with Gasteiger partial charge in [0, 0.05) is 39.2 Å². The second-order valence-corrected chi connectivity index (χ2v) is 7.97. The van der Waals surface area contributed by atoms with E-state index in [9.17, 15) is 4.79 Å². The Morgan fingerprint density at radius 2 is 1.90 bits per heavy atom. The van der Waals surface area contributed by atoms with Gasteiger partial charge in [-0.15, -0.1) is 24.0 Å². The van der Waals surface area contributed by atoms with Crippen LogP contribution in [0.5, 0.6) is 0 Å². The highest BCUT2D eigenvalue weighted by Gasteiger charge is 2.42. The van der Waals surface area contributed by atoms with E-state index in [1.807, 2.05) is 27.1 Å². The number of guanidine groups is 1. The zero-order valence-corrected chi connectivity index (χ0v) is 20.9. The first-order valence-corrected chi connectivity index (χ1v) is 10.6. The van der Waals surface area contributed by atoms with E-state index >= 15 is 0 Å². The number of carbonyl (C=O) groups excluding carboxylic acids is 1. The van der Waals surface area contributed by atoms with Crippen molar-refractivity contribution in [1.29, 1.82) is 0 Å². The lowest BCUT2D eigenvalue weighted by Gasteiger charge is -2.31. The summed E-state index contributed by atoms with van der Waals surface area (Å²) in [6.45, 7) is 8.16. The Morgan fingerprint density at radius 3 is 2.45 bits per heavy atom. The van der Waals surface area contributed by atoms with Gasteiger partial charge in [-0.3, -0.25) is 4.79 Å². The zero-order chi connectivity index (χ0) is 20.6. The molecule has 8 heteroatoms. The molecule has 1 aromatic heterocycles. The minimum atomic E-state index is -0.325. The highest BCUT2D eigenvalue weighted by atomic mass is 127. The Morgan fingerprint density at radius 1 is 1.24 bits per heavy atom. The molecule has 1 saturated carbocycles. The van der Waals surface area contributed by atoms with Gasteiger partial charge >= 0.3 is 0 Å². The summed E-state index contributed by atoms with van der Waals surface area (Å²) in [7, 11) is 3.67. The fourth-order valence-electron chi connectivity index (χ4n) is 4.05. The van der Waals surface area contributed by atoms with Crippen LogP contribution in [0.15, 0.2) is 15.6 Å². The quantitative estimate of drug-likeness (QED) is 0.294. The van der Waals surface area contributed by atoms with Crippen LogP contribution in [0, 0.1) is 5.41 Å². The number of nitrogens with zero attached hydrogens (tertiary/aromatic N) is 3. The minimum Gasteiger partial charge on any atom is -0.359 e. The number of halogens is 1. The number of nitrogens with one attached hydrogen (secondary N) is 2. The van der Waals surface area contributed by atoms with Crippen molar-refractivity contribution in [1.82, 2.24) is 20.7 Å². The lowest BCUT2D eigenvalue weighted by atomic mass is 9.84. The van der Waals surface area contributed by atoms with Crippen LogP contribution < -0.4 is 10.6 Å². The molecule has 0 aliphatic heterocycles. The Hall–Kier alpha value is -1.32. The van der Waals surface area contributed by atoms with E-state index < -0.39 is 0 Å². The largest absolute Gasteiger partial charge is 0.359 e. The molecule has 0 spiro atoms. The zero-order valence-electron chi connectivity index (χ0n) is 18.6. The molecule has 166 valence electrons. The van der Waals surface area contributed by atoms with Crippen molar-refractivity contribution >= 4 is 35.8 Å². The molecule has 29 heavy (non-hydrogen) atoms. The summed E-state index contributed by atoms with van der Waals surface area (Å²) < 4.78 is 5.47. The van der Waals surface area contributed by atoms with Crippen molar-refractivity contribution in [3.05, 3.63) is 17.5 Å². The average Bonchev–Trinajstić information content (AvgIpc) is 3.35. The van der Waals surface area contributed by atoms with Crippen LogP contribution in [-0.4, -0.2) is 49.1 Å². The Balaban J connectivity index is 0.00000420. The standard InChI is InChI=1S/C21H37N5O2.HI/c1-6-16(7-2)18-13-17(28-25-18)14-23-20(22-8-3)24-15-21(11-9-10-12-21)19(27)26(4)5;/h13,16H,6-12,14-15H2,1-5H3,(H2,22,23,24);1H. The third-order valence-electron chi connectivity index (χ3n) is 5.73. The van der Waals surface area contributed by atoms with Crippen molar-refractivity contribution in [2.24, 2.45) is 10.4 Å². The molecule has 2 N–H and O–H groups in total. The summed E-state index contributed by atoms with van der Waals surface area (Å²) in [5.74, 6) is 2.12. The predicted molar refractivity (Wildman–Crippen MR) is 128 cm³/mol. The number of hydrogen-bond acceptors (Lipinski definition) is 4. The molecule has 0 unspecified atom stereocenters. The first-order valence-electron chi connectivity index (χ1n) is 10.6. The molecule has 1 aliphatic rings. The highest BCUT2D eigenvalue weighted by Crippen LogP contribution is 2.38. The molecule has 1 heterocycles. The molecule has 1 amide bonds. The SMILES string of the molecule is CCNC(=NCc1cc(C(CC)CC)no1)NCC1(C(=O)N(C)C)CCCC1.I. The Kier molecular flexibility index (Phi) is 11.0. The third-order valence-corrected chi connectivity index (χ3v) is 5.73. The topological polar surface area (TPSA) is 82.8 Å². The van der Waals surface area contributed by atoms with E-state index in [2.05, 4.69) is 34.6 Å². The first-order chi connectivity index (χ1) is 13.5. The van der Waals surface area contributed by atoms with Gasteiger partial charge in [-0.25, -0.2) is 4.99 Å². The average molecular weight is 519 g/mol. The monoisotopic (exact) mass is 519 g/mol. The smallest absolute Gasteiger partial charge is 0.230 e. The Labute approximate surface area is 192 Å². The first kappa shape index (κ1) is 25.7. The Bertz CT molecular complexity index is 649. The maximum Gasteiger partial charge on any atom is 0.230 e. The van der Waals surface area contributed by atoms with Gasteiger partial charge in [-0.2, -0.15) is 0 Å². The number of amides is 1. The number of aromatic nitrogens is 1. The number of aliphatic imine (C=N–C) groups is 1. The van der Waals surface area contributed by atoms with Gasteiger partial charge < -0.3 is 20.1 Å². The van der Waals surface area contributed by atoms with E-state index in [0.717, 1.165) is 56.5 Å².